The van der Waals surface area contributed by atoms with E-state index in [2.05, 4.69) is 15.9 Å². The smallest absolute Gasteiger partial charge is 0.139 e. The van der Waals surface area contributed by atoms with Crippen LogP contribution in [0.5, 0.6) is 11.5 Å². The van der Waals surface area contributed by atoms with E-state index in [-0.39, 0.29) is 5.84 Å². The first-order valence-electron chi connectivity index (χ1n) is 5.55. The summed E-state index contributed by atoms with van der Waals surface area (Å²) >= 11 is 9.35. The highest BCUT2D eigenvalue weighted by Crippen LogP contribution is 2.30. The lowest BCUT2D eigenvalue weighted by Gasteiger charge is -2.11. The number of halogens is 2. The van der Waals surface area contributed by atoms with Crippen molar-refractivity contribution in [3.8, 4) is 11.5 Å². The monoisotopic (exact) mass is 338 g/mol. The van der Waals surface area contributed by atoms with E-state index < -0.39 is 0 Å². The number of hydrogen-bond donors (Lipinski definition) is 2. The van der Waals surface area contributed by atoms with Crippen molar-refractivity contribution in [1.29, 1.82) is 5.41 Å². The number of hydrogen-bond acceptors (Lipinski definition) is 2. The van der Waals surface area contributed by atoms with Crippen molar-refractivity contribution in [2.45, 2.75) is 6.92 Å². The Hall–Kier alpha value is -1.52. The van der Waals surface area contributed by atoms with E-state index in [1.165, 1.54) is 0 Å². The zero-order valence-corrected chi connectivity index (χ0v) is 12.5. The number of aryl methyl sites for hydroxylation is 1. The third-order valence-corrected chi connectivity index (χ3v) is 3.51. The first-order chi connectivity index (χ1) is 8.97. The Morgan fingerprint density at radius 2 is 2.00 bits per heavy atom. The van der Waals surface area contributed by atoms with Crippen molar-refractivity contribution in [3.05, 3.63) is 57.0 Å². The third-order valence-electron chi connectivity index (χ3n) is 2.59. The van der Waals surface area contributed by atoms with Gasteiger partial charge in [0.25, 0.3) is 0 Å². The van der Waals surface area contributed by atoms with Crippen molar-refractivity contribution in [2.75, 3.05) is 0 Å². The van der Waals surface area contributed by atoms with Crippen LogP contribution in [0.25, 0.3) is 0 Å². The summed E-state index contributed by atoms with van der Waals surface area (Å²) in [5.41, 5.74) is 7.02. The highest BCUT2D eigenvalue weighted by molar-refractivity contribution is 9.10. The topological polar surface area (TPSA) is 59.1 Å². The molecular formula is C14H12BrClN2O. The zero-order chi connectivity index (χ0) is 14.0. The molecule has 0 aliphatic heterocycles. The second-order valence-corrected chi connectivity index (χ2v) is 5.39. The van der Waals surface area contributed by atoms with E-state index in [1.807, 2.05) is 19.1 Å². The van der Waals surface area contributed by atoms with E-state index in [1.54, 1.807) is 24.3 Å². The minimum Gasteiger partial charge on any atom is -0.457 e. The van der Waals surface area contributed by atoms with Gasteiger partial charge in [0.2, 0.25) is 0 Å². The van der Waals surface area contributed by atoms with Gasteiger partial charge in [-0.2, -0.15) is 0 Å². The summed E-state index contributed by atoms with van der Waals surface area (Å²) in [6.07, 6.45) is 0. The standard InChI is InChI=1S/C14H12BrClN2O/c1-8-6-10(3-5-12(8)16)19-13-7-9(15)2-4-11(13)14(17)18/h2-7H,1H3,(H3,17,18). The lowest BCUT2D eigenvalue weighted by Crippen LogP contribution is -2.12. The van der Waals surface area contributed by atoms with Crippen LogP contribution in [0.1, 0.15) is 11.1 Å². The molecule has 0 aliphatic carbocycles. The third kappa shape index (κ3) is 3.28. The molecule has 5 heteroatoms. The normalized spacial score (nSPS) is 10.3. The average Bonchev–Trinajstić information content (AvgIpc) is 2.33. The molecular weight excluding hydrogens is 328 g/mol. The van der Waals surface area contributed by atoms with Crippen LogP contribution in [-0.4, -0.2) is 5.84 Å². The Labute approximate surface area is 125 Å². The molecule has 98 valence electrons. The molecule has 0 saturated carbocycles. The fourth-order valence-electron chi connectivity index (χ4n) is 1.61. The largest absolute Gasteiger partial charge is 0.457 e. The second-order valence-electron chi connectivity index (χ2n) is 4.07. The molecule has 0 unspecified atom stereocenters. The van der Waals surface area contributed by atoms with Gasteiger partial charge < -0.3 is 10.5 Å². The van der Waals surface area contributed by atoms with Gasteiger partial charge in [0.05, 0.1) is 5.56 Å². The Morgan fingerprint density at radius 1 is 1.26 bits per heavy atom. The molecule has 0 saturated heterocycles. The summed E-state index contributed by atoms with van der Waals surface area (Å²) in [7, 11) is 0. The number of benzene rings is 2. The minimum absolute atomic E-state index is 0.0341. The van der Waals surface area contributed by atoms with E-state index in [9.17, 15) is 0 Å². The highest BCUT2D eigenvalue weighted by Gasteiger charge is 2.09. The van der Waals surface area contributed by atoms with Gasteiger partial charge in [-0.25, -0.2) is 0 Å². The van der Waals surface area contributed by atoms with E-state index >= 15 is 0 Å². The second kappa shape index (κ2) is 5.63. The minimum atomic E-state index is -0.0341. The first kappa shape index (κ1) is 13.9. The number of nitrogens with two attached hydrogens (primary N) is 1. The lowest BCUT2D eigenvalue weighted by molar-refractivity contribution is 0.481. The molecule has 2 aromatic carbocycles. The molecule has 3 N–H and O–H groups in total. The summed E-state index contributed by atoms with van der Waals surface area (Å²) in [6, 6.07) is 10.7. The molecule has 2 rings (SSSR count). The predicted octanol–water partition coefficient (Wildman–Crippen LogP) is 4.49. The van der Waals surface area contributed by atoms with Crippen LogP contribution < -0.4 is 10.5 Å². The molecule has 0 aliphatic rings. The summed E-state index contributed by atoms with van der Waals surface area (Å²) in [5.74, 6) is 1.15. The molecule has 0 aromatic heterocycles. The van der Waals surface area contributed by atoms with Crippen molar-refractivity contribution in [3.63, 3.8) is 0 Å². The van der Waals surface area contributed by atoms with Crippen LogP contribution in [-0.2, 0) is 0 Å². The van der Waals surface area contributed by atoms with Gasteiger partial charge in [-0.1, -0.05) is 27.5 Å². The molecule has 0 spiro atoms. The highest BCUT2D eigenvalue weighted by atomic mass is 79.9. The summed E-state index contributed by atoms with van der Waals surface area (Å²) in [4.78, 5) is 0. The van der Waals surface area contributed by atoms with Crippen LogP contribution >= 0.6 is 27.5 Å². The molecule has 0 radical (unpaired) electrons. The van der Waals surface area contributed by atoms with Gasteiger partial charge in [-0.05, 0) is 48.9 Å². The summed E-state index contributed by atoms with van der Waals surface area (Å²) in [5, 5.41) is 8.24. The van der Waals surface area contributed by atoms with Crippen molar-refractivity contribution in [1.82, 2.24) is 0 Å². The number of amidine groups is 1. The number of nitrogens with one attached hydrogen (secondary N) is 1. The van der Waals surface area contributed by atoms with Crippen molar-refractivity contribution in [2.24, 2.45) is 5.73 Å². The maximum atomic E-state index is 7.55. The maximum absolute atomic E-state index is 7.55. The Balaban J connectivity index is 2.39. The SMILES string of the molecule is Cc1cc(Oc2cc(Br)ccc2C(=N)N)ccc1Cl. The number of ether oxygens (including phenoxy) is 1. The number of rotatable bonds is 3. The molecule has 2 aromatic rings. The quantitative estimate of drug-likeness (QED) is 0.639. The van der Waals surface area contributed by atoms with Gasteiger partial charge in [0.15, 0.2) is 0 Å². The maximum Gasteiger partial charge on any atom is 0.139 e. The van der Waals surface area contributed by atoms with Gasteiger partial charge in [-0.15, -0.1) is 0 Å². The van der Waals surface area contributed by atoms with Crippen LogP contribution in [0.2, 0.25) is 5.02 Å². The summed E-state index contributed by atoms with van der Waals surface area (Å²) in [6.45, 7) is 1.90. The molecule has 0 atom stereocenters. The molecule has 0 amide bonds. The summed E-state index contributed by atoms with van der Waals surface area (Å²) < 4.78 is 6.64. The average molecular weight is 340 g/mol. The van der Waals surface area contributed by atoms with Gasteiger partial charge in [0, 0.05) is 9.50 Å². The Kier molecular flexibility index (Phi) is 4.12. The zero-order valence-electron chi connectivity index (χ0n) is 10.2. The Bertz CT molecular complexity index is 643. The fraction of sp³-hybridized carbons (Fsp3) is 0.0714. The van der Waals surface area contributed by atoms with Crippen LogP contribution in [0, 0.1) is 12.3 Å². The molecule has 19 heavy (non-hydrogen) atoms. The van der Waals surface area contributed by atoms with Crippen LogP contribution in [0.15, 0.2) is 40.9 Å². The van der Waals surface area contributed by atoms with Crippen molar-refractivity contribution < 1.29 is 4.74 Å². The molecule has 0 fully saturated rings. The molecule has 0 heterocycles. The van der Waals surface area contributed by atoms with Crippen LogP contribution in [0.4, 0.5) is 0 Å². The lowest BCUT2D eigenvalue weighted by atomic mass is 10.2. The first-order valence-corrected chi connectivity index (χ1v) is 6.72. The predicted molar refractivity (Wildman–Crippen MR) is 81.4 cm³/mol. The Morgan fingerprint density at radius 3 is 2.63 bits per heavy atom. The van der Waals surface area contributed by atoms with E-state index in [4.69, 9.17) is 27.5 Å². The van der Waals surface area contributed by atoms with Gasteiger partial charge >= 0.3 is 0 Å². The number of nitrogen functional groups attached to an aromatic ring is 1. The van der Waals surface area contributed by atoms with Crippen LogP contribution in [0.3, 0.4) is 0 Å². The van der Waals surface area contributed by atoms with Gasteiger partial charge in [0.1, 0.15) is 17.3 Å². The fourth-order valence-corrected chi connectivity index (χ4v) is 2.07. The van der Waals surface area contributed by atoms with Crippen molar-refractivity contribution >= 4 is 33.4 Å². The van der Waals surface area contributed by atoms with E-state index in [0.717, 1.165) is 10.0 Å². The molecule has 3 nitrogen and oxygen atoms in total. The van der Waals surface area contributed by atoms with Gasteiger partial charge in [-0.3, -0.25) is 5.41 Å². The van der Waals surface area contributed by atoms with E-state index in [0.29, 0.717) is 22.1 Å². The molecule has 0 bridgehead atoms.